The summed E-state index contributed by atoms with van der Waals surface area (Å²) in [6.07, 6.45) is 1.25. The summed E-state index contributed by atoms with van der Waals surface area (Å²) in [5.74, 6) is -1.60. The zero-order chi connectivity index (χ0) is 14.1. The summed E-state index contributed by atoms with van der Waals surface area (Å²) in [4.78, 5) is 37.8. The molecule has 0 aliphatic rings. The van der Waals surface area contributed by atoms with E-state index in [1.54, 1.807) is 0 Å². The first-order valence-corrected chi connectivity index (χ1v) is 5.87. The van der Waals surface area contributed by atoms with Crippen molar-refractivity contribution in [2.24, 2.45) is 0 Å². The lowest BCUT2D eigenvalue weighted by Gasteiger charge is -2.31. The van der Waals surface area contributed by atoms with Gasteiger partial charge in [-0.25, -0.2) is 4.79 Å². The number of carboxylic acids is 1. The van der Waals surface area contributed by atoms with Gasteiger partial charge in [-0.15, -0.1) is 0 Å². The Bertz CT molecular complexity index is 550. The van der Waals surface area contributed by atoms with Gasteiger partial charge in [0, 0.05) is 13.2 Å². The molecule has 0 atom stereocenters. The van der Waals surface area contributed by atoms with Gasteiger partial charge in [0.2, 0.25) is 0 Å². The second-order valence-corrected chi connectivity index (χ2v) is 5.15. The maximum absolute atomic E-state index is 12.1. The number of likely N-dealkylation sites (N-methyl/N-ethyl adjacent to an activating group) is 1. The molecule has 1 rings (SSSR count). The number of nitrogens with zero attached hydrogens (tertiary/aromatic N) is 1. The van der Waals surface area contributed by atoms with Gasteiger partial charge in [-0.1, -0.05) is 0 Å². The number of aromatic nitrogens is 1. The van der Waals surface area contributed by atoms with Crippen molar-refractivity contribution in [3.05, 3.63) is 32.7 Å². The lowest BCUT2D eigenvalue weighted by molar-refractivity contribution is -0.147. The predicted octanol–water partition coefficient (Wildman–Crippen LogP) is 1.07. The van der Waals surface area contributed by atoms with Crippen LogP contribution in [0.3, 0.4) is 0 Å². The number of amides is 1. The van der Waals surface area contributed by atoms with E-state index < -0.39 is 17.4 Å². The summed E-state index contributed by atoms with van der Waals surface area (Å²) in [7, 11) is 1.40. The molecule has 0 spiro atoms. The molecule has 0 saturated carbocycles. The van der Waals surface area contributed by atoms with E-state index in [4.69, 9.17) is 5.11 Å². The van der Waals surface area contributed by atoms with Crippen LogP contribution in [0.25, 0.3) is 0 Å². The van der Waals surface area contributed by atoms with Gasteiger partial charge in [0.05, 0.1) is 10.0 Å². The molecule has 1 amide bonds. The third-order valence-corrected chi connectivity index (χ3v) is 3.36. The Hall–Kier alpha value is -1.63. The molecule has 6 nitrogen and oxygen atoms in total. The van der Waals surface area contributed by atoms with Crippen molar-refractivity contribution < 1.29 is 14.7 Å². The molecular weight excluding hydrogens is 304 g/mol. The van der Waals surface area contributed by atoms with E-state index in [0.717, 1.165) is 4.90 Å². The minimum absolute atomic E-state index is 0.207. The number of aromatic amines is 1. The molecule has 0 bridgehead atoms. The lowest BCUT2D eigenvalue weighted by atomic mass is 10.0. The van der Waals surface area contributed by atoms with Crippen molar-refractivity contribution in [2.45, 2.75) is 19.4 Å². The van der Waals surface area contributed by atoms with Crippen LogP contribution in [0.1, 0.15) is 24.2 Å². The fourth-order valence-electron chi connectivity index (χ4n) is 1.17. The smallest absolute Gasteiger partial charge is 0.329 e. The largest absolute Gasteiger partial charge is 0.480 e. The van der Waals surface area contributed by atoms with E-state index in [1.807, 2.05) is 0 Å². The molecule has 1 aromatic rings. The second-order valence-electron chi connectivity index (χ2n) is 4.29. The summed E-state index contributed by atoms with van der Waals surface area (Å²) in [5.41, 5.74) is -1.48. The van der Waals surface area contributed by atoms with Gasteiger partial charge in [-0.3, -0.25) is 9.59 Å². The number of halogens is 1. The van der Waals surface area contributed by atoms with E-state index in [0.29, 0.717) is 0 Å². The number of carboxylic acid groups (broad SMARTS) is 1. The number of carbonyl (C=O) groups is 2. The first-order valence-electron chi connectivity index (χ1n) is 5.07. The van der Waals surface area contributed by atoms with Gasteiger partial charge in [0.1, 0.15) is 5.54 Å². The SMILES string of the molecule is CN(C(=O)c1c[nH]c(=O)c(Br)c1)C(C)(C)C(=O)O. The van der Waals surface area contributed by atoms with Crippen LogP contribution in [0.2, 0.25) is 0 Å². The summed E-state index contributed by atoms with van der Waals surface area (Å²) in [6, 6.07) is 1.36. The first-order chi connectivity index (χ1) is 8.17. The van der Waals surface area contributed by atoms with Crippen LogP contribution in [0.15, 0.2) is 21.5 Å². The molecule has 0 aromatic carbocycles. The molecule has 2 N–H and O–H groups in total. The highest BCUT2D eigenvalue weighted by Gasteiger charge is 2.35. The third kappa shape index (κ3) is 2.61. The van der Waals surface area contributed by atoms with Crippen LogP contribution in [0.5, 0.6) is 0 Å². The molecule has 0 aliphatic carbocycles. The number of hydrogen-bond donors (Lipinski definition) is 2. The van der Waals surface area contributed by atoms with Crippen LogP contribution in [0.4, 0.5) is 0 Å². The quantitative estimate of drug-likeness (QED) is 0.872. The Morgan fingerprint density at radius 3 is 2.44 bits per heavy atom. The van der Waals surface area contributed by atoms with Crippen molar-refractivity contribution in [3.63, 3.8) is 0 Å². The van der Waals surface area contributed by atoms with E-state index in [9.17, 15) is 14.4 Å². The van der Waals surface area contributed by atoms with Gasteiger partial charge in [0.25, 0.3) is 11.5 Å². The van der Waals surface area contributed by atoms with Crippen molar-refractivity contribution >= 4 is 27.8 Å². The van der Waals surface area contributed by atoms with Crippen LogP contribution < -0.4 is 5.56 Å². The number of H-pyrrole nitrogens is 1. The number of rotatable bonds is 3. The van der Waals surface area contributed by atoms with Gasteiger partial charge >= 0.3 is 5.97 Å². The highest BCUT2D eigenvalue weighted by Crippen LogP contribution is 2.16. The van der Waals surface area contributed by atoms with Crippen LogP contribution in [0, 0.1) is 0 Å². The second kappa shape index (κ2) is 4.93. The average Bonchev–Trinajstić information content (AvgIpc) is 2.30. The fourth-order valence-corrected chi connectivity index (χ4v) is 1.53. The molecule has 1 aromatic heterocycles. The van der Waals surface area contributed by atoms with Crippen LogP contribution in [-0.4, -0.2) is 39.5 Å². The first kappa shape index (κ1) is 14.4. The van der Waals surface area contributed by atoms with Crippen molar-refractivity contribution in [1.29, 1.82) is 0 Å². The maximum Gasteiger partial charge on any atom is 0.329 e. The highest BCUT2D eigenvalue weighted by molar-refractivity contribution is 9.10. The number of nitrogens with one attached hydrogen (secondary N) is 1. The van der Waals surface area contributed by atoms with Gasteiger partial charge in [-0.05, 0) is 35.8 Å². The standard InChI is InChI=1S/C11H13BrN2O4/c1-11(2,10(17)18)14(3)9(16)6-4-7(12)8(15)13-5-6/h4-5H,1-3H3,(H,13,15)(H,17,18). The Balaban J connectivity index is 3.11. The number of carbonyl (C=O) groups excluding carboxylic acids is 1. The topological polar surface area (TPSA) is 90.5 Å². The Labute approximate surface area is 112 Å². The fraction of sp³-hybridized carbons (Fsp3) is 0.364. The van der Waals surface area contributed by atoms with Crippen molar-refractivity contribution in [1.82, 2.24) is 9.88 Å². The van der Waals surface area contributed by atoms with Crippen LogP contribution >= 0.6 is 15.9 Å². The normalized spacial score (nSPS) is 11.1. The Morgan fingerprint density at radius 1 is 1.44 bits per heavy atom. The average molecular weight is 317 g/mol. The van der Waals surface area contributed by atoms with Crippen LogP contribution in [-0.2, 0) is 4.79 Å². The molecule has 18 heavy (non-hydrogen) atoms. The maximum atomic E-state index is 12.1. The molecule has 7 heteroatoms. The molecule has 0 saturated heterocycles. The zero-order valence-electron chi connectivity index (χ0n) is 10.2. The molecular formula is C11H13BrN2O4. The molecule has 1 heterocycles. The summed E-state index contributed by atoms with van der Waals surface area (Å²) >= 11 is 3.01. The third-order valence-electron chi connectivity index (χ3n) is 2.77. The Morgan fingerprint density at radius 2 is 2.00 bits per heavy atom. The predicted molar refractivity (Wildman–Crippen MR) is 68.6 cm³/mol. The monoisotopic (exact) mass is 316 g/mol. The Kier molecular flexibility index (Phi) is 3.95. The van der Waals surface area contributed by atoms with Gasteiger partial charge in [-0.2, -0.15) is 0 Å². The van der Waals surface area contributed by atoms with E-state index in [2.05, 4.69) is 20.9 Å². The minimum Gasteiger partial charge on any atom is -0.480 e. The number of aliphatic carboxylic acids is 1. The lowest BCUT2D eigenvalue weighted by Crippen LogP contribution is -2.50. The molecule has 0 aliphatic heterocycles. The number of pyridine rings is 1. The summed E-state index contributed by atoms with van der Waals surface area (Å²) in [5, 5.41) is 9.05. The van der Waals surface area contributed by atoms with E-state index in [-0.39, 0.29) is 15.6 Å². The van der Waals surface area contributed by atoms with E-state index >= 15 is 0 Å². The zero-order valence-corrected chi connectivity index (χ0v) is 11.7. The van der Waals surface area contributed by atoms with Crippen molar-refractivity contribution in [3.8, 4) is 0 Å². The summed E-state index contributed by atoms with van der Waals surface area (Å²) < 4.78 is 0.217. The van der Waals surface area contributed by atoms with Crippen molar-refractivity contribution in [2.75, 3.05) is 7.05 Å². The highest BCUT2D eigenvalue weighted by atomic mass is 79.9. The minimum atomic E-state index is -1.33. The van der Waals surface area contributed by atoms with Gasteiger partial charge < -0.3 is 15.0 Å². The summed E-state index contributed by atoms with van der Waals surface area (Å²) in [6.45, 7) is 2.85. The molecule has 0 fully saturated rings. The number of hydrogen-bond acceptors (Lipinski definition) is 3. The molecule has 0 radical (unpaired) electrons. The molecule has 98 valence electrons. The van der Waals surface area contributed by atoms with E-state index in [1.165, 1.54) is 33.2 Å². The van der Waals surface area contributed by atoms with Gasteiger partial charge in [0.15, 0.2) is 0 Å². The molecule has 0 unspecified atom stereocenters.